The Hall–Kier alpha value is -1.88. The van der Waals surface area contributed by atoms with Gasteiger partial charge in [0.05, 0.1) is 6.04 Å². The van der Waals surface area contributed by atoms with Crippen LogP contribution in [0.1, 0.15) is 37.3 Å². The van der Waals surface area contributed by atoms with E-state index in [1.54, 1.807) is 0 Å². The smallest absolute Gasteiger partial charge is 0.303 e. The summed E-state index contributed by atoms with van der Waals surface area (Å²) in [6, 6.07) is 7.93. The average Bonchev–Trinajstić information content (AvgIpc) is 2.46. The van der Waals surface area contributed by atoms with Gasteiger partial charge in [0.2, 0.25) is 5.91 Å². The molecule has 3 N–H and O–H groups in total. The first kappa shape index (κ1) is 15.5. The molecule has 1 amide bonds. The third kappa shape index (κ3) is 4.56. The van der Waals surface area contributed by atoms with Gasteiger partial charge in [-0.15, -0.1) is 0 Å². The number of aliphatic carboxylic acids is 1. The first-order valence-corrected chi connectivity index (χ1v) is 7.38. The van der Waals surface area contributed by atoms with Crippen LogP contribution in [-0.4, -0.2) is 29.1 Å². The normalized spacial score (nSPS) is 18.6. The van der Waals surface area contributed by atoms with Crippen LogP contribution in [-0.2, 0) is 22.6 Å². The maximum Gasteiger partial charge on any atom is 0.303 e. The largest absolute Gasteiger partial charge is 0.481 e. The van der Waals surface area contributed by atoms with Crippen LogP contribution < -0.4 is 10.6 Å². The molecule has 1 unspecified atom stereocenters. The number of carbonyl (C=O) groups excluding carboxylic acids is 1. The van der Waals surface area contributed by atoms with E-state index >= 15 is 0 Å². The fourth-order valence-electron chi connectivity index (χ4n) is 2.61. The zero-order valence-corrected chi connectivity index (χ0v) is 12.3. The van der Waals surface area contributed by atoms with Crippen molar-refractivity contribution in [2.75, 3.05) is 0 Å². The van der Waals surface area contributed by atoms with Gasteiger partial charge in [0.15, 0.2) is 0 Å². The van der Waals surface area contributed by atoms with E-state index in [-0.39, 0.29) is 24.4 Å². The lowest BCUT2D eigenvalue weighted by Crippen LogP contribution is -2.49. The quantitative estimate of drug-likeness (QED) is 0.741. The first-order valence-electron chi connectivity index (χ1n) is 7.38. The summed E-state index contributed by atoms with van der Waals surface area (Å²) in [4.78, 5) is 22.7. The van der Waals surface area contributed by atoms with E-state index in [1.807, 2.05) is 19.1 Å². The zero-order valence-electron chi connectivity index (χ0n) is 12.3. The van der Waals surface area contributed by atoms with Gasteiger partial charge in [-0.3, -0.25) is 9.59 Å². The van der Waals surface area contributed by atoms with E-state index in [2.05, 4.69) is 22.8 Å². The van der Waals surface area contributed by atoms with Gasteiger partial charge < -0.3 is 15.7 Å². The van der Waals surface area contributed by atoms with Crippen LogP contribution in [0.3, 0.4) is 0 Å². The maximum absolute atomic E-state index is 12.2. The lowest BCUT2D eigenvalue weighted by Gasteiger charge is -2.26. The number of carboxylic acids is 1. The van der Waals surface area contributed by atoms with Gasteiger partial charge in [-0.2, -0.15) is 0 Å². The molecule has 1 aliphatic heterocycles. The molecule has 5 heteroatoms. The minimum absolute atomic E-state index is 0.00387. The summed E-state index contributed by atoms with van der Waals surface area (Å²) >= 11 is 0. The molecule has 0 fully saturated rings. The van der Waals surface area contributed by atoms with Crippen LogP contribution in [0, 0.1) is 0 Å². The van der Waals surface area contributed by atoms with E-state index in [9.17, 15) is 9.59 Å². The van der Waals surface area contributed by atoms with E-state index in [0.717, 1.165) is 0 Å². The second kappa shape index (κ2) is 7.22. The van der Waals surface area contributed by atoms with Crippen LogP contribution in [0.15, 0.2) is 24.3 Å². The second-order valence-corrected chi connectivity index (χ2v) is 5.60. The Bertz CT molecular complexity index is 516. The van der Waals surface area contributed by atoms with Crippen molar-refractivity contribution < 1.29 is 14.7 Å². The minimum Gasteiger partial charge on any atom is -0.481 e. The van der Waals surface area contributed by atoms with Crippen LogP contribution >= 0.6 is 0 Å². The Kier molecular flexibility index (Phi) is 5.33. The summed E-state index contributed by atoms with van der Waals surface area (Å²) < 4.78 is 0. The number of carbonyl (C=O) groups is 2. The molecule has 0 aromatic heterocycles. The monoisotopic (exact) mass is 290 g/mol. The SMILES string of the molecule is CC(CCCC(=O)O)NC(=O)[C@@H]1Cc2ccccc2CN1. The molecule has 1 heterocycles. The fourth-order valence-corrected chi connectivity index (χ4v) is 2.61. The molecule has 0 saturated carbocycles. The third-order valence-corrected chi connectivity index (χ3v) is 3.81. The minimum atomic E-state index is -0.793. The van der Waals surface area contributed by atoms with Crippen LogP contribution in [0.2, 0.25) is 0 Å². The highest BCUT2D eigenvalue weighted by atomic mass is 16.4. The molecule has 1 aromatic carbocycles. The summed E-state index contributed by atoms with van der Waals surface area (Å²) in [5, 5.41) is 14.8. The zero-order chi connectivity index (χ0) is 15.2. The van der Waals surface area contributed by atoms with Gasteiger partial charge in [-0.05, 0) is 37.3 Å². The van der Waals surface area contributed by atoms with E-state index in [0.29, 0.717) is 25.8 Å². The average molecular weight is 290 g/mol. The standard InChI is InChI=1S/C16H22N2O3/c1-11(5-4-8-15(19)20)18-16(21)14-9-12-6-2-3-7-13(12)10-17-14/h2-3,6-7,11,14,17H,4-5,8-10H2,1H3,(H,18,21)(H,19,20)/t11?,14-/m0/s1. The number of rotatable bonds is 6. The number of nitrogens with one attached hydrogen (secondary N) is 2. The predicted octanol–water partition coefficient (Wildman–Crippen LogP) is 1.46. The van der Waals surface area contributed by atoms with E-state index < -0.39 is 5.97 Å². The molecule has 0 saturated heterocycles. The number of benzene rings is 1. The summed E-state index contributed by atoms with van der Waals surface area (Å²) in [7, 11) is 0. The van der Waals surface area contributed by atoms with Crippen LogP contribution in [0.5, 0.6) is 0 Å². The van der Waals surface area contributed by atoms with Crippen LogP contribution in [0.25, 0.3) is 0 Å². The van der Waals surface area contributed by atoms with Crippen molar-refractivity contribution in [1.29, 1.82) is 0 Å². The number of hydrogen-bond donors (Lipinski definition) is 3. The Labute approximate surface area is 124 Å². The number of amides is 1. The van der Waals surface area contributed by atoms with Crippen molar-refractivity contribution in [3.63, 3.8) is 0 Å². The highest BCUT2D eigenvalue weighted by Gasteiger charge is 2.24. The van der Waals surface area contributed by atoms with Crippen molar-refractivity contribution in [2.24, 2.45) is 0 Å². The van der Waals surface area contributed by atoms with Crippen molar-refractivity contribution in [1.82, 2.24) is 10.6 Å². The first-order chi connectivity index (χ1) is 10.1. The molecule has 1 aromatic rings. The Morgan fingerprint density at radius 2 is 2.10 bits per heavy atom. The van der Waals surface area contributed by atoms with Crippen molar-refractivity contribution in [3.8, 4) is 0 Å². The Balaban J connectivity index is 1.80. The number of fused-ring (bicyclic) bond motifs is 1. The third-order valence-electron chi connectivity index (χ3n) is 3.81. The summed E-state index contributed by atoms with van der Waals surface area (Å²) in [5.74, 6) is -0.800. The van der Waals surface area contributed by atoms with Gasteiger partial charge >= 0.3 is 5.97 Å². The molecule has 21 heavy (non-hydrogen) atoms. The number of carboxylic acid groups (broad SMARTS) is 1. The Morgan fingerprint density at radius 3 is 2.81 bits per heavy atom. The van der Waals surface area contributed by atoms with Gasteiger partial charge in [0.1, 0.15) is 0 Å². The summed E-state index contributed by atoms with van der Waals surface area (Å²) in [6.45, 7) is 2.62. The molecular formula is C16H22N2O3. The van der Waals surface area contributed by atoms with Crippen LogP contribution in [0.4, 0.5) is 0 Å². The van der Waals surface area contributed by atoms with Gasteiger partial charge in [-0.25, -0.2) is 0 Å². The van der Waals surface area contributed by atoms with Gasteiger partial charge in [0.25, 0.3) is 0 Å². The lowest BCUT2D eigenvalue weighted by molar-refractivity contribution is -0.137. The second-order valence-electron chi connectivity index (χ2n) is 5.60. The fraction of sp³-hybridized carbons (Fsp3) is 0.500. The molecule has 114 valence electrons. The van der Waals surface area contributed by atoms with E-state index in [4.69, 9.17) is 5.11 Å². The summed E-state index contributed by atoms with van der Waals surface area (Å²) in [6.07, 6.45) is 2.11. The van der Waals surface area contributed by atoms with Crippen molar-refractivity contribution in [2.45, 2.75) is 51.2 Å². The van der Waals surface area contributed by atoms with Gasteiger partial charge in [0, 0.05) is 19.0 Å². The van der Waals surface area contributed by atoms with E-state index in [1.165, 1.54) is 11.1 Å². The predicted molar refractivity (Wildman–Crippen MR) is 79.9 cm³/mol. The highest BCUT2D eigenvalue weighted by molar-refractivity contribution is 5.82. The molecule has 0 radical (unpaired) electrons. The van der Waals surface area contributed by atoms with Crippen molar-refractivity contribution in [3.05, 3.63) is 35.4 Å². The molecule has 0 aliphatic carbocycles. The lowest BCUT2D eigenvalue weighted by atomic mass is 9.95. The molecule has 0 spiro atoms. The molecule has 2 atom stereocenters. The van der Waals surface area contributed by atoms with Gasteiger partial charge in [-0.1, -0.05) is 24.3 Å². The number of hydrogen-bond acceptors (Lipinski definition) is 3. The highest BCUT2D eigenvalue weighted by Crippen LogP contribution is 2.16. The summed E-state index contributed by atoms with van der Waals surface area (Å²) in [5.41, 5.74) is 2.46. The molecule has 2 rings (SSSR count). The maximum atomic E-state index is 12.2. The molecule has 5 nitrogen and oxygen atoms in total. The molecular weight excluding hydrogens is 268 g/mol. The molecule has 1 aliphatic rings. The topological polar surface area (TPSA) is 78.4 Å². The molecule has 0 bridgehead atoms. The Morgan fingerprint density at radius 1 is 1.38 bits per heavy atom. The van der Waals surface area contributed by atoms with Crippen molar-refractivity contribution >= 4 is 11.9 Å².